The van der Waals surface area contributed by atoms with E-state index in [1.807, 2.05) is 17.5 Å². The molecule has 0 radical (unpaired) electrons. The van der Waals surface area contributed by atoms with Crippen LogP contribution in [0.4, 0.5) is 5.69 Å². The van der Waals surface area contributed by atoms with Gasteiger partial charge in [0.1, 0.15) is 0 Å². The number of nitrogens with one attached hydrogen (secondary N) is 2. The molecule has 19 heavy (non-hydrogen) atoms. The van der Waals surface area contributed by atoms with Crippen molar-refractivity contribution in [2.75, 3.05) is 11.9 Å². The van der Waals surface area contributed by atoms with Gasteiger partial charge in [0.05, 0.1) is 12.2 Å². The first-order chi connectivity index (χ1) is 9.29. The Labute approximate surface area is 115 Å². The fourth-order valence-electron chi connectivity index (χ4n) is 1.46. The molecule has 98 valence electrons. The van der Waals surface area contributed by atoms with Crippen molar-refractivity contribution in [2.24, 2.45) is 0 Å². The van der Waals surface area contributed by atoms with E-state index in [0.717, 1.165) is 11.4 Å². The Morgan fingerprint density at radius 1 is 1.37 bits per heavy atom. The van der Waals surface area contributed by atoms with E-state index in [4.69, 9.17) is 0 Å². The largest absolute Gasteiger partial charge is 0.379 e. The van der Waals surface area contributed by atoms with Gasteiger partial charge in [-0.15, -0.1) is 11.7 Å². The number of carbonyl (C=O) groups excluding carboxylic acids is 1. The topological polar surface area (TPSA) is 66.9 Å². The third-order valence-electron chi connectivity index (χ3n) is 2.43. The minimum Gasteiger partial charge on any atom is -0.379 e. The zero-order valence-electron chi connectivity index (χ0n) is 10.3. The van der Waals surface area contributed by atoms with Gasteiger partial charge in [0, 0.05) is 23.2 Å². The van der Waals surface area contributed by atoms with Crippen LogP contribution in [-0.4, -0.2) is 22.0 Å². The molecule has 0 bridgehead atoms. The van der Waals surface area contributed by atoms with E-state index < -0.39 is 0 Å². The van der Waals surface area contributed by atoms with Crippen molar-refractivity contribution in [3.63, 3.8) is 0 Å². The maximum atomic E-state index is 11.7. The van der Waals surface area contributed by atoms with Gasteiger partial charge in [0.15, 0.2) is 0 Å². The van der Waals surface area contributed by atoms with Crippen LogP contribution in [0.15, 0.2) is 42.3 Å². The number of carbonyl (C=O) groups is 1. The summed E-state index contributed by atoms with van der Waals surface area (Å²) in [5, 5.41) is 11.8. The summed E-state index contributed by atoms with van der Waals surface area (Å²) in [4.78, 5) is 11.7. The number of nitrogens with zero attached hydrogens (tertiary/aromatic N) is 2. The molecule has 1 heterocycles. The van der Waals surface area contributed by atoms with Gasteiger partial charge in [-0.1, -0.05) is 10.6 Å². The number of rotatable bonds is 6. The lowest BCUT2D eigenvalue weighted by atomic mass is 10.2. The second-order valence-electron chi connectivity index (χ2n) is 3.83. The molecule has 0 aliphatic carbocycles. The fraction of sp³-hybridized carbons (Fsp3) is 0.154. The first-order valence-corrected chi connectivity index (χ1v) is 6.62. The average Bonchev–Trinajstić information content (AvgIpc) is 2.96. The molecule has 1 aromatic carbocycles. The Morgan fingerprint density at radius 2 is 2.16 bits per heavy atom. The molecule has 0 saturated carbocycles. The summed E-state index contributed by atoms with van der Waals surface area (Å²) in [7, 11) is 0. The summed E-state index contributed by atoms with van der Waals surface area (Å²) < 4.78 is 3.79. The van der Waals surface area contributed by atoms with Crippen molar-refractivity contribution < 1.29 is 4.79 Å². The van der Waals surface area contributed by atoms with Gasteiger partial charge in [0.25, 0.3) is 5.91 Å². The van der Waals surface area contributed by atoms with Crippen LogP contribution in [0, 0.1) is 0 Å². The molecule has 1 amide bonds. The molecular formula is C13H14N4OS. The number of anilines is 1. The van der Waals surface area contributed by atoms with Crippen molar-refractivity contribution >= 4 is 23.1 Å². The van der Waals surface area contributed by atoms with Gasteiger partial charge in [-0.25, -0.2) is 0 Å². The average molecular weight is 274 g/mol. The summed E-state index contributed by atoms with van der Waals surface area (Å²) in [5.74, 6) is -0.102. The van der Waals surface area contributed by atoms with Crippen LogP contribution in [0.1, 0.15) is 16.1 Å². The van der Waals surface area contributed by atoms with Crippen molar-refractivity contribution in [1.82, 2.24) is 14.9 Å². The molecule has 1 aromatic heterocycles. The smallest absolute Gasteiger partial charge is 0.251 e. The zero-order chi connectivity index (χ0) is 13.5. The van der Waals surface area contributed by atoms with E-state index in [-0.39, 0.29) is 5.91 Å². The molecule has 2 rings (SSSR count). The van der Waals surface area contributed by atoms with Gasteiger partial charge < -0.3 is 10.6 Å². The van der Waals surface area contributed by atoms with Crippen LogP contribution in [0.2, 0.25) is 0 Å². The lowest BCUT2D eigenvalue weighted by molar-refractivity contribution is 0.0958. The molecule has 0 spiro atoms. The highest BCUT2D eigenvalue weighted by atomic mass is 32.1. The van der Waals surface area contributed by atoms with Crippen LogP contribution < -0.4 is 10.6 Å². The SMILES string of the molecule is C=CCNC(=O)c1ccc(NCc2csnn2)cc1. The normalized spacial score (nSPS) is 9.89. The maximum absolute atomic E-state index is 11.7. The quantitative estimate of drug-likeness (QED) is 0.791. The number of amides is 1. The summed E-state index contributed by atoms with van der Waals surface area (Å²) in [5.41, 5.74) is 2.47. The fourth-order valence-corrected chi connectivity index (χ4v) is 1.91. The third-order valence-corrected chi connectivity index (χ3v) is 2.99. The molecule has 2 N–H and O–H groups in total. The van der Waals surface area contributed by atoms with Gasteiger partial charge >= 0.3 is 0 Å². The predicted octanol–water partition coefficient (Wildman–Crippen LogP) is 2.07. The van der Waals surface area contributed by atoms with E-state index in [2.05, 4.69) is 26.8 Å². The molecule has 6 heteroatoms. The van der Waals surface area contributed by atoms with Crippen LogP contribution in [0.25, 0.3) is 0 Å². The Hall–Kier alpha value is -2.21. The standard InChI is InChI=1S/C13H14N4OS/c1-2-7-14-13(18)10-3-5-11(6-4-10)15-8-12-9-19-17-16-12/h2-6,9,15H,1,7-8H2,(H,14,18). The van der Waals surface area contributed by atoms with E-state index in [9.17, 15) is 4.79 Å². The molecule has 0 saturated heterocycles. The van der Waals surface area contributed by atoms with Crippen LogP contribution in [-0.2, 0) is 6.54 Å². The van der Waals surface area contributed by atoms with E-state index in [1.165, 1.54) is 11.5 Å². The van der Waals surface area contributed by atoms with Crippen molar-refractivity contribution in [3.8, 4) is 0 Å². The summed E-state index contributed by atoms with van der Waals surface area (Å²) in [6, 6.07) is 7.28. The number of aromatic nitrogens is 2. The van der Waals surface area contributed by atoms with Gasteiger partial charge in [-0.05, 0) is 35.8 Å². The van der Waals surface area contributed by atoms with Crippen LogP contribution in [0.5, 0.6) is 0 Å². The molecule has 5 nitrogen and oxygen atoms in total. The summed E-state index contributed by atoms with van der Waals surface area (Å²) >= 11 is 1.33. The second kappa shape index (κ2) is 6.65. The molecule has 0 aliphatic rings. The molecule has 0 unspecified atom stereocenters. The summed E-state index contributed by atoms with van der Waals surface area (Å²) in [6.45, 7) is 4.65. The van der Waals surface area contributed by atoms with Gasteiger partial charge in [-0.2, -0.15) is 0 Å². The van der Waals surface area contributed by atoms with E-state index >= 15 is 0 Å². The Morgan fingerprint density at radius 3 is 2.79 bits per heavy atom. The van der Waals surface area contributed by atoms with Crippen LogP contribution >= 0.6 is 11.5 Å². The molecule has 0 fully saturated rings. The molecule has 0 atom stereocenters. The first-order valence-electron chi connectivity index (χ1n) is 5.78. The lowest BCUT2D eigenvalue weighted by Gasteiger charge is -2.06. The zero-order valence-corrected chi connectivity index (χ0v) is 11.1. The highest BCUT2D eigenvalue weighted by Gasteiger charge is 2.03. The number of benzene rings is 1. The Bertz CT molecular complexity index is 536. The first kappa shape index (κ1) is 13.2. The van der Waals surface area contributed by atoms with E-state index in [0.29, 0.717) is 18.7 Å². The number of hydrogen-bond acceptors (Lipinski definition) is 5. The molecule has 2 aromatic rings. The van der Waals surface area contributed by atoms with Crippen LogP contribution in [0.3, 0.4) is 0 Å². The van der Waals surface area contributed by atoms with Gasteiger partial charge in [-0.3, -0.25) is 4.79 Å². The van der Waals surface area contributed by atoms with Crippen molar-refractivity contribution in [1.29, 1.82) is 0 Å². The van der Waals surface area contributed by atoms with E-state index in [1.54, 1.807) is 18.2 Å². The Balaban J connectivity index is 1.90. The molecular weight excluding hydrogens is 260 g/mol. The third kappa shape index (κ3) is 3.89. The highest BCUT2D eigenvalue weighted by molar-refractivity contribution is 7.03. The number of hydrogen-bond donors (Lipinski definition) is 2. The predicted molar refractivity (Wildman–Crippen MR) is 76.2 cm³/mol. The summed E-state index contributed by atoms with van der Waals surface area (Å²) in [6.07, 6.45) is 1.65. The van der Waals surface area contributed by atoms with Crippen molar-refractivity contribution in [3.05, 3.63) is 53.6 Å². The lowest BCUT2D eigenvalue weighted by Crippen LogP contribution is -2.23. The monoisotopic (exact) mass is 274 g/mol. The minimum absolute atomic E-state index is 0.102. The maximum Gasteiger partial charge on any atom is 0.251 e. The van der Waals surface area contributed by atoms with Gasteiger partial charge in [0.2, 0.25) is 0 Å². The second-order valence-corrected chi connectivity index (χ2v) is 4.44. The minimum atomic E-state index is -0.102. The highest BCUT2D eigenvalue weighted by Crippen LogP contribution is 2.11. The Kier molecular flexibility index (Phi) is 4.63. The molecule has 0 aliphatic heterocycles. The van der Waals surface area contributed by atoms with Crippen molar-refractivity contribution in [2.45, 2.75) is 6.54 Å².